The average Bonchev–Trinajstić information content (AvgIpc) is 3.10. The number of nitrogens with zero attached hydrogens (tertiary/aromatic N) is 3. The third-order valence-corrected chi connectivity index (χ3v) is 5.69. The van der Waals surface area contributed by atoms with Gasteiger partial charge in [0.25, 0.3) is 0 Å². The second-order valence-electron chi connectivity index (χ2n) is 6.27. The van der Waals surface area contributed by atoms with E-state index in [1.807, 2.05) is 29.5 Å². The molecule has 7 heteroatoms. The number of benzene rings is 1. The Morgan fingerprint density at radius 3 is 2.42 bits per heavy atom. The van der Waals surface area contributed by atoms with Crippen LogP contribution in [0.1, 0.15) is 27.3 Å². The summed E-state index contributed by atoms with van der Waals surface area (Å²) >= 11 is 1.62. The molecule has 1 aromatic carbocycles. The molecule has 1 aliphatic rings. The molecule has 1 saturated heterocycles. The van der Waals surface area contributed by atoms with Crippen molar-refractivity contribution in [2.45, 2.75) is 19.8 Å². The highest BCUT2D eigenvalue weighted by molar-refractivity contribution is 7.09. The maximum absolute atomic E-state index is 12.4. The minimum Gasteiger partial charge on any atom is -0.465 e. The number of hydrogen-bond acceptors (Lipinski definition) is 6. The number of carbonyl (C=O) groups excluding carboxylic acids is 2. The third kappa shape index (κ3) is 4.22. The van der Waals surface area contributed by atoms with E-state index in [-0.39, 0.29) is 11.9 Å². The van der Waals surface area contributed by atoms with E-state index < -0.39 is 0 Å². The number of piperazine rings is 1. The van der Waals surface area contributed by atoms with Crippen molar-refractivity contribution in [1.82, 2.24) is 9.88 Å². The number of carbonyl (C=O) groups is 2. The second kappa shape index (κ2) is 8.31. The second-order valence-corrected chi connectivity index (χ2v) is 7.21. The van der Waals surface area contributed by atoms with Gasteiger partial charge in [0.05, 0.1) is 23.9 Å². The molecule has 26 heavy (non-hydrogen) atoms. The van der Waals surface area contributed by atoms with Crippen LogP contribution >= 0.6 is 11.3 Å². The molecule has 1 amide bonds. The highest BCUT2D eigenvalue weighted by Gasteiger charge is 2.21. The summed E-state index contributed by atoms with van der Waals surface area (Å²) in [5, 5.41) is 0. The molecule has 3 rings (SSSR count). The zero-order valence-corrected chi connectivity index (χ0v) is 15.9. The van der Waals surface area contributed by atoms with Gasteiger partial charge in [-0.1, -0.05) is 0 Å². The Morgan fingerprint density at radius 1 is 1.15 bits per heavy atom. The Bertz CT molecular complexity index is 765. The lowest BCUT2D eigenvalue weighted by Gasteiger charge is -2.36. The van der Waals surface area contributed by atoms with Gasteiger partial charge < -0.3 is 14.5 Å². The topological polar surface area (TPSA) is 62.7 Å². The van der Waals surface area contributed by atoms with Crippen LogP contribution in [0.4, 0.5) is 5.69 Å². The molecule has 1 fully saturated rings. The van der Waals surface area contributed by atoms with Crippen LogP contribution in [0.25, 0.3) is 0 Å². The lowest BCUT2D eigenvalue weighted by atomic mass is 10.1. The SMILES string of the molecule is COC(=O)c1ccc(N2CCN(C(=O)CCc3scnc3C)CC2)cc1. The van der Waals surface area contributed by atoms with Crippen molar-refractivity contribution < 1.29 is 14.3 Å². The van der Waals surface area contributed by atoms with E-state index in [0.717, 1.165) is 44.0 Å². The van der Waals surface area contributed by atoms with E-state index in [0.29, 0.717) is 12.0 Å². The van der Waals surface area contributed by atoms with E-state index in [9.17, 15) is 9.59 Å². The number of ether oxygens (including phenoxy) is 1. The first-order valence-corrected chi connectivity index (χ1v) is 9.56. The van der Waals surface area contributed by atoms with Crippen LogP contribution < -0.4 is 4.90 Å². The van der Waals surface area contributed by atoms with E-state index >= 15 is 0 Å². The normalized spacial score (nSPS) is 14.4. The molecule has 138 valence electrons. The van der Waals surface area contributed by atoms with Crippen molar-refractivity contribution in [3.63, 3.8) is 0 Å². The molecule has 1 aliphatic heterocycles. The zero-order valence-electron chi connectivity index (χ0n) is 15.1. The van der Waals surface area contributed by atoms with Gasteiger partial charge in [-0.25, -0.2) is 9.78 Å². The van der Waals surface area contributed by atoms with Crippen LogP contribution in [-0.4, -0.2) is 55.0 Å². The molecule has 2 aromatic rings. The Balaban J connectivity index is 1.49. The summed E-state index contributed by atoms with van der Waals surface area (Å²) in [6.07, 6.45) is 1.31. The summed E-state index contributed by atoms with van der Waals surface area (Å²) in [7, 11) is 1.38. The van der Waals surface area contributed by atoms with Gasteiger partial charge >= 0.3 is 5.97 Å². The number of aryl methyl sites for hydroxylation is 2. The number of aromatic nitrogens is 1. The van der Waals surface area contributed by atoms with Crippen molar-refractivity contribution >= 4 is 28.9 Å². The Morgan fingerprint density at radius 2 is 1.85 bits per heavy atom. The highest BCUT2D eigenvalue weighted by atomic mass is 32.1. The minimum atomic E-state index is -0.330. The van der Waals surface area contributed by atoms with Gasteiger partial charge in [0.15, 0.2) is 0 Å². The molecule has 2 heterocycles. The van der Waals surface area contributed by atoms with Crippen molar-refractivity contribution in [2.75, 3.05) is 38.2 Å². The largest absolute Gasteiger partial charge is 0.465 e. The number of amides is 1. The van der Waals surface area contributed by atoms with Crippen molar-refractivity contribution in [2.24, 2.45) is 0 Å². The molecule has 0 N–H and O–H groups in total. The lowest BCUT2D eigenvalue weighted by molar-refractivity contribution is -0.131. The number of esters is 1. The summed E-state index contributed by atoms with van der Waals surface area (Å²) in [4.78, 5) is 33.5. The van der Waals surface area contributed by atoms with Gasteiger partial charge in [-0.2, -0.15) is 0 Å². The highest BCUT2D eigenvalue weighted by Crippen LogP contribution is 2.19. The third-order valence-electron chi connectivity index (χ3n) is 4.70. The van der Waals surface area contributed by atoms with Gasteiger partial charge in [0, 0.05) is 43.2 Å². The fraction of sp³-hybridized carbons (Fsp3) is 0.421. The summed E-state index contributed by atoms with van der Waals surface area (Å²) in [5.74, 6) is -0.123. The predicted octanol–water partition coefficient (Wildman–Crippen LogP) is 2.52. The maximum atomic E-state index is 12.4. The maximum Gasteiger partial charge on any atom is 0.337 e. The van der Waals surface area contributed by atoms with E-state index in [2.05, 4.69) is 9.88 Å². The van der Waals surface area contributed by atoms with Crippen molar-refractivity contribution in [1.29, 1.82) is 0 Å². The fourth-order valence-electron chi connectivity index (χ4n) is 3.08. The molecular weight excluding hydrogens is 350 g/mol. The summed E-state index contributed by atoms with van der Waals surface area (Å²) in [6, 6.07) is 7.40. The first-order chi connectivity index (χ1) is 12.6. The molecule has 1 aromatic heterocycles. The molecule has 0 atom stereocenters. The lowest BCUT2D eigenvalue weighted by Crippen LogP contribution is -2.48. The van der Waals surface area contributed by atoms with E-state index in [4.69, 9.17) is 4.74 Å². The van der Waals surface area contributed by atoms with Crippen LogP contribution in [0.15, 0.2) is 29.8 Å². The van der Waals surface area contributed by atoms with Crippen LogP contribution in [0.3, 0.4) is 0 Å². The molecule has 0 saturated carbocycles. The number of thiazole rings is 1. The first-order valence-electron chi connectivity index (χ1n) is 8.68. The van der Waals surface area contributed by atoms with E-state index in [1.165, 1.54) is 12.0 Å². The van der Waals surface area contributed by atoms with Crippen molar-refractivity contribution in [3.05, 3.63) is 45.9 Å². The minimum absolute atomic E-state index is 0.207. The summed E-state index contributed by atoms with van der Waals surface area (Å²) in [6.45, 7) is 5.02. The molecule has 0 unspecified atom stereocenters. The van der Waals surface area contributed by atoms with Gasteiger partial charge in [0.2, 0.25) is 5.91 Å². The molecule has 6 nitrogen and oxygen atoms in total. The quantitative estimate of drug-likeness (QED) is 0.754. The number of hydrogen-bond donors (Lipinski definition) is 0. The summed E-state index contributed by atoms with van der Waals surface area (Å²) in [5.41, 5.74) is 4.47. The molecular formula is C19H23N3O3S. The molecule has 0 aliphatic carbocycles. The molecule has 0 bridgehead atoms. The van der Waals surface area contributed by atoms with Gasteiger partial charge in [0.1, 0.15) is 0 Å². The number of anilines is 1. The fourth-order valence-corrected chi connectivity index (χ4v) is 3.87. The van der Waals surface area contributed by atoms with Crippen LogP contribution in [-0.2, 0) is 16.0 Å². The Labute approximate surface area is 157 Å². The van der Waals surface area contributed by atoms with Gasteiger partial charge in [-0.15, -0.1) is 11.3 Å². The molecule has 0 spiro atoms. The molecule has 0 radical (unpaired) electrons. The standard InChI is InChI=1S/C19H23N3O3S/c1-14-17(26-13-20-14)7-8-18(23)22-11-9-21(10-12-22)16-5-3-15(4-6-16)19(24)25-2/h3-6,13H,7-12H2,1-2H3. The van der Waals surface area contributed by atoms with E-state index in [1.54, 1.807) is 23.5 Å². The number of methoxy groups -OCH3 is 1. The monoisotopic (exact) mass is 373 g/mol. The van der Waals surface area contributed by atoms with Crippen LogP contribution in [0.5, 0.6) is 0 Å². The van der Waals surface area contributed by atoms with Gasteiger partial charge in [-0.05, 0) is 37.6 Å². The van der Waals surface area contributed by atoms with Crippen molar-refractivity contribution in [3.8, 4) is 0 Å². The zero-order chi connectivity index (χ0) is 18.5. The predicted molar refractivity (Wildman–Crippen MR) is 102 cm³/mol. The first kappa shape index (κ1) is 18.4. The Kier molecular flexibility index (Phi) is 5.88. The summed E-state index contributed by atoms with van der Waals surface area (Å²) < 4.78 is 4.72. The van der Waals surface area contributed by atoms with Crippen LogP contribution in [0.2, 0.25) is 0 Å². The average molecular weight is 373 g/mol. The smallest absolute Gasteiger partial charge is 0.337 e. The van der Waals surface area contributed by atoms with Gasteiger partial charge in [-0.3, -0.25) is 4.79 Å². The van der Waals surface area contributed by atoms with Crippen LogP contribution in [0, 0.1) is 6.92 Å². The number of rotatable bonds is 5. The Hall–Kier alpha value is -2.41.